The van der Waals surface area contributed by atoms with Crippen LogP contribution in [-0.4, -0.2) is 9.36 Å². The van der Waals surface area contributed by atoms with Crippen LogP contribution in [0.2, 0.25) is 0 Å². The number of anilines is 1. The van der Waals surface area contributed by atoms with Crippen LogP contribution in [-0.2, 0) is 19.5 Å². The van der Waals surface area contributed by atoms with Gasteiger partial charge in [-0.15, -0.1) is 0 Å². The van der Waals surface area contributed by atoms with Crippen molar-refractivity contribution < 1.29 is 0 Å². The third-order valence-corrected chi connectivity index (χ3v) is 2.95. The predicted octanol–water partition coefficient (Wildman–Crippen LogP) is 2.50. The maximum atomic E-state index is 12.2. The van der Waals surface area contributed by atoms with E-state index in [-0.39, 0.29) is 5.56 Å². The van der Waals surface area contributed by atoms with Crippen LogP contribution in [0.1, 0.15) is 46.7 Å². The van der Waals surface area contributed by atoms with E-state index < -0.39 is 0 Å². The van der Waals surface area contributed by atoms with Crippen molar-refractivity contribution in [2.75, 3.05) is 5.73 Å². The average Bonchev–Trinajstić information content (AvgIpc) is 2.46. The highest BCUT2D eigenvalue weighted by Gasteiger charge is 2.18. The molecular weight excluding hydrogens is 226 g/mol. The SMILES string of the molecule is CCCn1c(CC(C)C)c(N)c(=O)n1CC(C)C. The minimum absolute atomic E-state index is 0.0206. The molecule has 0 unspecified atom stereocenters. The standard InChI is InChI=1S/C14H27N3O/c1-6-7-16-12(8-10(2)3)13(15)14(18)17(16)9-11(4)5/h10-11H,6-9,15H2,1-5H3. The number of hydrogen-bond acceptors (Lipinski definition) is 2. The van der Waals surface area contributed by atoms with Gasteiger partial charge in [0, 0.05) is 13.1 Å². The number of nitrogen functional groups attached to an aromatic ring is 1. The molecule has 104 valence electrons. The Hall–Kier alpha value is -1.19. The van der Waals surface area contributed by atoms with Crippen LogP contribution in [0.3, 0.4) is 0 Å². The van der Waals surface area contributed by atoms with Crippen molar-refractivity contribution >= 4 is 5.69 Å². The van der Waals surface area contributed by atoms with E-state index >= 15 is 0 Å². The molecule has 0 bridgehead atoms. The summed E-state index contributed by atoms with van der Waals surface area (Å²) in [4.78, 5) is 12.2. The highest BCUT2D eigenvalue weighted by Crippen LogP contribution is 2.15. The maximum absolute atomic E-state index is 12.2. The van der Waals surface area contributed by atoms with E-state index in [0.29, 0.717) is 17.5 Å². The largest absolute Gasteiger partial charge is 0.393 e. The Kier molecular flexibility index (Phi) is 5.05. The average molecular weight is 253 g/mol. The first-order valence-electron chi connectivity index (χ1n) is 6.96. The van der Waals surface area contributed by atoms with Gasteiger partial charge in [0.15, 0.2) is 0 Å². The molecule has 1 aromatic rings. The lowest BCUT2D eigenvalue weighted by atomic mass is 10.1. The molecule has 0 spiro atoms. The molecule has 4 heteroatoms. The van der Waals surface area contributed by atoms with Crippen molar-refractivity contribution in [1.29, 1.82) is 0 Å². The zero-order valence-corrected chi connectivity index (χ0v) is 12.4. The Morgan fingerprint density at radius 1 is 1.11 bits per heavy atom. The molecule has 0 amide bonds. The topological polar surface area (TPSA) is 52.9 Å². The minimum atomic E-state index is -0.0206. The van der Waals surface area contributed by atoms with Crippen LogP contribution in [0, 0.1) is 11.8 Å². The molecule has 18 heavy (non-hydrogen) atoms. The number of aromatic nitrogens is 2. The fourth-order valence-electron chi connectivity index (χ4n) is 2.25. The summed E-state index contributed by atoms with van der Waals surface area (Å²) in [5.74, 6) is 0.948. The Balaban J connectivity index is 3.27. The van der Waals surface area contributed by atoms with E-state index in [4.69, 9.17) is 5.73 Å². The first kappa shape index (κ1) is 14.9. The van der Waals surface area contributed by atoms with Gasteiger partial charge in [-0.1, -0.05) is 34.6 Å². The fraction of sp³-hybridized carbons (Fsp3) is 0.786. The first-order chi connectivity index (χ1) is 8.38. The molecule has 4 nitrogen and oxygen atoms in total. The normalized spacial score (nSPS) is 11.7. The molecule has 1 aromatic heterocycles. The minimum Gasteiger partial charge on any atom is -0.393 e. The smallest absolute Gasteiger partial charge is 0.290 e. The zero-order valence-electron chi connectivity index (χ0n) is 12.4. The van der Waals surface area contributed by atoms with E-state index in [0.717, 1.165) is 31.6 Å². The van der Waals surface area contributed by atoms with E-state index in [1.54, 1.807) is 0 Å². The summed E-state index contributed by atoms with van der Waals surface area (Å²) in [6, 6.07) is 0. The number of hydrogen-bond donors (Lipinski definition) is 1. The van der Waals surface area contributed by atoms with Gasteiger partial charge in [-0.3, -0.25) is 9.48 Å². The summed E-state index contributed by atoms with van der Waals surface area (Å²) >= 11 is 0. The lowest BCUT2D eigenvalue weighted by molar-refractivity contribution is 0.373. The fourth-order valence-corrected chi connectivity index (χ4v) is 2.25. The summed E-state index contributed by atoms with van der Waals surface area (Å²) < 4.78 is 3.92. The second-order valence-corrected chi connectivity index (χ2v) is 5.86. The maximum Gasteiger partial charge on any atom is 0.290 e. The Morgan fingerprint density at radius 2 is 1.72 bits per heavy atom. The molecule has 0 aliphatic rings. The van der Waals surface area contributed by atoms with Gasteiger partial charge in [0.2, 0.25) is 0 Å². The molecule has 0 saturated heterocycles. The summed E-state index contributed by atoms with van der Waals surface area (Å²) in [7, 11) is 0. The summed E-state index contributed by atoms with van der Waals surface area (Å²) in [6.07, 6.45) is 1.88. The third kappa shape index (κ3) is 3.18. The molecule has 0 fully saturated rings. The second-order valence-electron chi connectivity index (χ2n) is 5.86. The third-order valence-electron chi connectivity index (χ3n) is 2.95. The van der Waals surface area contributed by atoms with Gasteiger partial charge >= 0.3 is 0 Å². The van der Waals surface area contributed by atoms with Gasteiger partial charge in [0.05, 0.1) is 5.69 Å². The summed E-state index contributed by atoms with van der Waals surface area (Å²) in [5.41, 5.74) is 7.44. The molecule has 1 heterocycles. The number of nitrogens with zero attached hydrogens (tertiary/aromatic N) is 2. The van der Waals surface area contributed by atoms with Crippen LogP contribution in [0.25, 0.3) is 0 Å². The predicted molar refractivity (Wildman–Crippen MR) is 76.8 cm³/mol. The van der Waals surface area contributed by atoms with Crippen molar-refractivity contribution in [3.05, 3.63) is 16.0 Å². The van der Waals surface area contributed by atoms with Gasteiger partial charge in [0.1, 0.15) is 5.69 Å². The lowest BCUT2D eigenvalue weighted by Crippen LogP contribution is -2.26. The van der Waals surface area contributed by atoms with E-state index in [1.165, 1.54) is 0 Å². The van der Waals surface area contributed by atoms with Crippen LogP contribution in [0.4, 0.5) is 5.69 Å². The second kappa shape index (κ2) is 6.12. The van der Waals surface area contributed by atoms with E-state index in [1.807, 2.05) is 4.68 Å². The van der Waals surface area contributed by atoms with Gasteiger partial charge < -0.3 is 5.73 Å². The molecule has 0 aromatic carbocycles. The van der Waals surface area contributed by atoms with Crippen molar-refractivity contribution in [2.24, 2.45) is 11.8 Å². The Morgan fingerprint density at radius 3 is 2.17 bits per heavy atom. The molecule has 0 radical (unpaired) electrons. The summed E-state index contributed by atoms with van der Waals surface area (Å²) in [5, 5.41) is 0. The zero-order chi connectivity index (χ0) is 13.9. The highest BCUT2D eigenvalue weighted by atomic mass is 16.1. The molecule has 0 aliphatic carbocycles. The van der Waals surface area contributed by atoms with E-state index in [9.17, 15) is 4.79 Å². The van der Waals surface area contributed by atoms with Crippen molar-refractivity contribution in [2.45, 2.75) is 60.5 Å². The summed E-state index contributed by atoms with van der Waals surface area (Å²) in [6.45, 7) is 12.3. The monoisotopic (exact) mass is 253 g/mol. The van der Waals surface area contributed by atoms with Crippen molar-refractivity contribution in [3.63, 3.8) is 0 Å². The molecule has 2 N–H and O–H groups in total. The lowest BCUT2D eigenvalue weighted by Gasteiger charge is -2.16. The van der Waals surface area contributed by atoms with Gasteiger partial charge in [-0.05, 0) is 24.7 Å². The Labute approximate surface area is 110 Å². The van der Waals surface area contributed by atoms with Crippen LogP contribution in [0.5, 0.6) is 0 Å². The molecule has 0 saturated carbocycles. The van der Waals surface area contributed by atoms with Crippen LogP contribution >= 0.6 is 0 Å². The quantitative estimate of drug-likeness (QED) is 0.847. The molecule has 0 aliphatic heterocycles. The van der Waals surface area contributed by atoms with Crippen LogP contribution in [0.15, 0.2) is 4.79 Å². The molecule has 1 rings (SSSR count). The van der Waals surface area contributed by atoms with Gasteiger partial charge in [0.25, 0.3) is 5.56 Å². The highest BCUT2D eigenvalue weighted by molar-refractivity contribution is 5.41. The number of rotatable bonds is 6. The van der Waals surface area contributed by atoms with Crippen LogP contribution < -0.4 is 11.3 Å². The molecular formula is C14H27N3O. The molecule has 0 atom stereocenters. The van der Waals surface area contributed by atoms with Crippen molar-refractivity contribution in [1.82, 2.24) is 9.36 Å². The van der Waals surface area contributed by atoms with Crippen molar-refractivity contribution in [3.8, 4) is 0 Å². The van der Waals surface area contributed by atoms with E-state index in [2.05, 4.69) is 39.3 Å². The van der Waals surface area contributed by atoms with Gasteiger partial charge in [-0.25, -0.2) is 4.68 Å². The first-order valence-corrected chi connectivity index (χ1v) is 6.96. The van der Waals surface area contributed by atoms with Gasteiger partial charge in [-0.2, -0.15) is 0 Å². The Bertz CT molecular complexity index is 441. The number of nitrogens with two attached hydrogens (primary N) is 1.